The van der Waals surface area contributed by atoms with E-state index >= 15 is 0 Å². The molecule has 0 unspecified atom stereocenters. The first-order valence-corrected chi connectivity index (χ1v) is 7.83. The normalized spacial score (nSPS) is 10.9. The summed E-state index contributed by atoms with van der Waals surface area (Å²) in [5, 5.41) is 4.24. The minimum atomic E-state index is 0.908. The van der Waals surface area contributed by atoms with Crippen molar-refractivity contribution in [1.82, 2.24) is 19.3 Å². The molecule has 0 saturated carbocycles. The fourth-order valence-electron chi connectivity index (χ4n) is 2.82. The predicted molar refractivity (Wildman–Crippen MR) is 90.5 cm³/mol. The van der Waals surface area contributed by atoms with Gasteiger partial charge in [-0.1, -0.05) is 0 Å². The van der Waals surface area contributed by atoms with E-state index in [0.29, 0.717) is 0 Å². The molecular formula is C18H22N4O. The number of ether oxygens (including phenoxy) is 1. The number of hydrogen-bond acceptors (Lipinski definition) is 3. The summed E-state index contributed by atoms with van der Waals surface area (Å²) in [5.41, 5.74) is 3.46. The molecule has 5 heteroatoms. The molecular weight excluding hydrogens is 288 g/mol. The second kappa shape index (κ2) is 6.69. The summed E-state index contributed by atoms with van der Waals surface area (Å²) in [5.74, 6) is 1.93. The van der Waals surface area contributed by atoms with Gasteiger partial charge >= 0.3 is 0 Å². The first-order chi connectivity index (χ1) is 11.2. The van der Waals surface area contributed by atoms with Crippen LogP contribution in [0.15, 0.2) is 43.0 Å². The van der Waals surface area contributed by atoms with Crippen LogP contribution in [0.4, 0.5) is 0 Å². The highest BCUT2D eigenvalue weighted by Crippen LogP contribution is 2.29. The Labute approximate surface area is 136 Å². The lowest BCUT2D eigenvalue weighted by atomic mass is 10.0. The van der Waals surface area contributed by atoms with Crippen LogP contribution in [-0.4, -0.2) is 26.4 Å². The van der Waals surface area contributed by atoms with Crippen molar-refractivity contribution in [3.8, 4) is 17.1 Å². The van der Waals surface area contributed by atoms with Gasteiger partial charge < -0.3 is 9.30 Å². The summed E-state index contributed by atoms with van der Waals surface area (Å²) in [4.78, 5) is 4.56. The van der Waals surface area contributed by atoms with Crippen molar-refractivity contribution < 1.29 is 4.74 Å². The zero-order chi connectivity index (χ0) is 16.2. The van der Waals surface area contributed by atoms with Gasteiger partial charge in [0.2, 0.25) is 0 Å². The van der Waals surface area contributed by atoms with E-state index in [4.69, 9.17) is 4.74 Å². The van der Waals surface area contributed by atoms with Crippen molar-refractivity contribution in [3.05, 3.63) is 54.1 Å². The van der Waals surface area contributed by atoms with E-state index in [1.165, 1.54) is 5.56 Å². The Kier molecular flexibility index (Phi) is 4.46. The first kappa shape index (κ1) is 15.3. The quantitative estimate of drug-likeness (QED) is 0.700. The zero-order valence-electron chi connectivity index (χ0n) is 13.9. The van der Waals surface area contributed by atoms with Gasteiger partial charge in [0, 0.05) is 43.4 Å². The first-order valence-electron chi connectivity index (χ1n) is 7.83. The van der Waals surface area contributed by atoms with Crippen LogP contribution >= 0.6 is 0 Å². The fraction of sp³-hybridized carbons (Fsp3) is 0.333. The van der Waals surface area contributed by atoms with Gasteiger partial charge in [0.15, 0.2) is 0 Å². The van der Waals surface area contributed by atoms with Gasteiger partial charge in [0.25, 0.3) is 0 Å². The van der Waals surface area contributed by atoms with E-state index in [9.17, 15) is 0 Å². The Morgan fingerprint density at radius 1 is 1.04 bits per heavy atom. The van der Waals surface area contributed by atoms with Crippen molar-refractivity contribution in [2.75, 3.05) is 7.11 Å². The average Bonchev–Trinajstić information content (AvgIpc) is 3.21. The van der Waals surface area contributed by atoms with E-state index in [-0.39, 0.29) is 0 Å². The summed E-state index contributed by atoms with van der Waals surface area (Å²) in [6.45, 7) is 5.98. The van der Waals surface area contributed by atoms with E-state index in [0.717, 1.165) is 42.2 Å². The molecule has 0 bridgehead atoms. The maximum absolute atomic E-state index is 5.40. The Morgan fingerprint density at radius 2 is 1.91 bits per heavy atom. The van der Waals surface area contributed by atoms with Gasteiger partial charge in [0.1, 0.15) is 11.6 Å². The molecule has 0 radical (unpaired) electrons. The molecule has 120 valence electrons. The number of rotatable bonds is 6. The van der Waals surface area contributed by atoms with Crippen LogP contribution in [0.3, 0.4) is 0 Å². The monoisotopic (exact) mass is 310 g/mol. The molecule has 3 rings (SSSR count). The molecule has 0 amide bonds. The van der Waals surface area contributed by atoms with Crippen LogP contribution in [0.25, 0.3) is 11.4 Å². The van der Waals surface area contributed by atoms with Gasteiger partial charge in [-0.05, 0) is 49.6 Å². The number of aryl methyl sites for hydroxylation is 4. The molecule has 0 aliphatic heterocycles. The van der Waals surface area contributed by atoms with E-state index < -0.39 is 0 Å². The highest BCUT2D eigenvalue weighted by atomic mass is 16.5. The SMILES string of the molecule is COc1cc(C)c(-c2nccn2CCCn2cccn2)cc1C. The molecule has 0 spiro atoms. The second-order valence-corrected chi connectivity index (χ2v) is 5.70. The van der Waals surface area contributed by atoms with Gasteiger partial charge in [-0.25, -0.2) is 4.98 Å². The molecule has 0 N–H and O–H groups in total. The van der Waals surface area contributed by atoms with Crippen LogP contribution in [0.2, 0.25) is 0 Å². The molecule has 23 heavy (non-hydrogen) atoms. The Balaban J connectivity index is 1.79. The fourth-order valence-corrected chi connectivity index (χ4v) is 2.82. The van der Waals surface area contributed by atoms with E-state index in [1.54, 1.807) is 7.11 Å². The van der Waals surface area contributed by atoms with Crippen molar-refractivity contribution in [1.29, 1.82) is 0 Å². The van der Waals surface area contributed by atoms with Gasteiger partial charge in [-0.15, -0.1) is 0 Å². The van der Waals surface area contributed by atoms with E-state index in [2.05, 4.69) is 40.6 Å². The van der Waals surface area contributed by atoms with Crippen LogP contribution in [0.5, 0.6) is 5.75 Å². The molecule has 3 aromatic rings. The number of aromatic nitrogens is 4. The average molecular weight is 310 g/mol. The Morgan fingerprint density at radius 3 is 2.65 bits per heavy atom. The summed E-state index contributed by atoms with van der Waals surface area (Å²) >= 11 is 0. The highest BCUT2D eigenvalue weighted by Gasteiger charge is 2.11. The van der Waals surface area contributed by atoms with Crippen molar-refractivity contribution in [3.63, 3.8) is 0 Å². The van der Waals surface area contributed by atoms with E-state index in [1.807, 2.05) is 35.5 Å². The van der Waals surface area contributed by atoms with Crippen molar-refractivity contribution >= 4 is 0 Å². The Bertz CT molecular complexity index is 774. The number of hydrogen-bond donors (Lipinski definition) is 0. The third kappa shape index (κ3) is 3.28. The van der Waals surface area contributed by atoms with Crippen LogP contribution < -0.4 is 4.74 Å². The minimum Gasteiger partial charge on any atom is -0.496 e. The van der Waals surface area contributed by atoms with Crippen LogP contribution in [-0.2, 0) is 13.1 Å². The zero-order valence-corrected chi connectivity index (χ0v) is 13.9. The molecule has 1 aromatic carbocycles. The highest BCUT2D eigenvalue weighted by molar-refractivity contribution is 5.64. The summed E-state index contributed by atoms with van der Waals surface area (Å²) in [6, 6.07) is 6.18. The van der Waals surface area contributed by atoms with Crippen molar-refractivity contribution in [2.45, 2.75) is 33.4 Å². The summed E-state index contributed by atoms with van der Waals surface area (Å²) < 4.78 is 9.56. The lowest BCUT2D eigenvalue weighted by Gasteiger charge is -2.13. The molecule has 0 saturated heterocycles. The molecule has 0 aliphatic carbocycles. The third-order valence-corrected chi connectivity index (χ3v) is 4.04. The van der Waals surface area contributed by atoms with Gasteiger partial charge in [-0.3, -0.25) is 4.68 Å². The Hall–Kier alpha value is -2.56. The predicted octanol–water partition coefficient (Wildman–Crippen LogP) is 3.46. The maximum Gasteiger partial charge on any atom is 0.140 e. The lowest BCUT2D eigenvalue weighted by molar-refractivity contribution is 0.411. The number of nitrogens with zero attached hydrogens (tertiary/aromatic N) is 4. The molecule has 2 aromatic heterocycles. The minimum absolute atomic E-state index is 0.908. The lowest BCUT2D eigenvalue weighted by Crippen LogP contribution is -2.06. The van der Waals surface area contributed by atoms with Gasteiger partial charge in [-0.2, -0.15) is 5.10 Å². The van der Waals surface area contributed by atoms with Crippen LogP contribution in [0.1, 0.15) is 17.5 Å². The molecule has 0 aliphatic rings. The molecule has 2 heterocycles. The number of imidazole rings is 1. The van der Waals surface area contributed by atoms with Gasteiger partial charge in [0.05, 0.1) is 7.11 Å². The number of methoxy groups -OCH3 is 1. The smallest absolute Gasteiger partial charge is 0.140 e. The molecule has 0 atom stereocenters. The topological polar surface area (TPSA) is 44.9 Å². The standard InChI is InChI=1S/C18H22N4O/c1-14-13-17(23-3)15(2)12-16(14)18-19-7-11-21(18)8-5-10-22-9-4-6-20-22/h4,6-7,9,11-13H,5,8,10H2,1-3H3. The molecule has 0 fully saturated rings. The second-order valence-electron chi connectivity index (χ2n) is 5.70. The third-order valence-electron chi connectivity index (χ3n) is 4.04. The van der Waals surface area contributed by atoms with Crippen LogP contribution in [0, 0.1) is 13.8 Å². The largest absolute Gasteiger partial charge is 0.496 e. The maximum atomic E-state index is 5.40. The van der Waals surface area contributed by atoms with Crippen molar-refractivity contribution in [2.24, 2.45) is 0 Å². The summed E-state index contributed by atoms with van der Waals surface area (Å²) in [6.07, 6.45) is 8.72. The molecule has 5 nitrogen and oxygen atoms in total. The number of benzene rings is 1. The summed E-state index contributed by atoms with van der Waals surface area (Å²) in [7, 11) is 1.71.